The van der Waals surface area contributed by atoms with Crippen molar-refractivity contribution < 1.29 is 48.4 Å². The van der Waals surface area contributed by atoms with Crippen molar-refractivity contribution in [1.82, 2.24) is 5.32 Å². The Bertz CT molecular complexity index is 1520. The van der Waals surface area contributed by atoms with Gasteiger partial charge in [-0.15, -0.1) is 0 Å². The number of carbonyl (C=O) groups is 4. The molecule has 0 heterocycles. The number of fused-ring (bicyclic) bond motifs is 3. The molecule has 13 heteroatoms. The number of alkyl carbamates (subject to hydrolysis) is 1. The lowest BCUT2D eigenvalue weighted by atomic mass is 9.98. The van der Waals surface area contributed by atoms with Crippen molar-refractivity contribution in [3.05, 3.63) is 94.7 Å². The zero-order chi connectivity index (χ0) is 32.9. The van der Waals surface area contributed by atoms with Gasteiger partial charge < -0.3 is 39.8 Å². The number of amides is 1. The Labute approximate surface area is 258 Å². The summed E-state index contributed by atoms with van der Waals surface area (Å²) < 4.78 is 21.0. The van der Waals surface area contributed by atoms with E-state index in [4.69, 9.17) is 18.9 Å². The van der Waals surface area contributed by atoms with Crippen LogP contribution in [0.1, 0.15) is 56.4 Å². The Morgan fingerprint density at radius 2 is 1.47 bits per heavy atom. The lowest BCUT2D eigenvalue weighted by Crippen LogP contribution is -2.49. The fourth-order valence-corrected chi connectivity index (χ4v) is 4.97. The summed E-state index contributed by atoms with van der Waals surface area (Å²) in [6, 6.07) is 18.9. The minimum Gasteiger partial charge on any atom is -0.733 e. The second-order valence-corrected chi connectivity index (χ2v) is 11.2. The first-order chi connectivity index (χ1) is 21.3. The van der Waals surface area contributed by atoms with Gasteiger partial charge >= 0.3 is 24.2 Å². The summed E-state index contributed by atoms with van der Waals surface area (Å²) in [6.45, 7) is 5.79. The average molecular weight is 622 g/mol. The number of nitrogens with zero attached hydrogens (tertiary/aromatic N) is 1. The molecule has 1 aliphatic rings. The third-order valence-electron chi connectivity index (χ3n) is 6.89. The van der Waals surface area contributed by atoms with Gasteiger partial charge in [0.2, 0.25) is 6.10 Å². The highest BCUT2D eigenvalue weighted by Crippen LogP contribution is 2.44. The van der Waals surface area contributed by atoms with Crippen LogP contribution in [-0.4, -0.2) is 58.9 Å². The number of hydrogen-bond acceptors (Lipinski definition) is 11. The lowest BCUT2D eigenvalue weighted by Gasteiger charge is -2.29. The van der Waals surface area contributed by atoms with Crippen LogP contribution in [0.4, 0.5) is 15.3 Å². The van der Waals surface area contributed by atoms with Gasteiger partial charge in [0, 0.05) is 11.5 Å². The van der Waals surface area contributed by atoms with E-state index < -0.39 is 59.0 Å². The smallest absolute Gasteiger partial charge is 0.509 e. The first-order valence-corrected chi connectivity index (χ1v) is 14.0. The molecule has 0 bridgehead atoms. The third-order valence-corrected chi connectivity index (χ3v) is 6.89. The summed E-state index contributed by atoms with van der Waals surface area (Å²) in [5.74, 6) is -2.90. The summed E-state index contributed by atoms with van der Waals surface area (Å²) >= 11 is 0. The van der Waals surface area contributed by atoms with Crippen molar-refractivity contribution in [3.8, 4) is 11.1 Å². The molecule has 45 heavy (non-hydrogen) atoms. The SMILES string of the molecule is CC(OC(=O)OC(C(=O)OC(C)(C)C)c1ccccc1N([O-])O)[C@H](NC(=O)OCC1c2ccccc2-c2ccccc21)C(=O)O. The topological polar surface area (TPSA) is 184 Å². The summed E-state index contributed by atoms with van der Waals surface area (Å²) in [6.07, 6.45) is -5.96. The van der Waals surface area contributed by atoms with Crippen molar-refractivity contribution in [2.24, 2.45) is 0 Å². The molecule has 2 unspecified atom stereocenters. The van der Waals surface area contributed by atoms with Crippen molar-refractivity contribution in [2.75, 3.05) is 11.8 Å². The molecule has 3 N–H and O–H groups in total. The molecule has 4 rings (SSSR count). The van der Waals surface area contributed by atoms with Gasteiger partial charge in [0.05, 0.1) is 5.69 Å². The van der Waals surface area contributed by atoms with Gasteiger partial charge in [-0.25, -0.2) is 19.2 Å². The summed E-state index contributed by atoms with van der Waals surface area (Å²) in [5, 5.41) is 32.7. The molecule has 0 aromatic heterocycles. The number of anilines is 1. The molecule has 1 amide bonds. The normalized spacial score (nSPS) is 14.2. The Morgan fingerprint density at radius 3 is 2.02 bits per heavy atom. The number of carbonyl (C=O) groups excluding carboxylic acids is 3. The van der Waals surface area contributed by atoms with Crippen LogP contribution in [0, 0.1) is 5.21 Å². The van der Waals surface area contributed by atoms with Crippen molar-refractivity contribution in [2.45, 2.75) is 57.5 Å². The highest BCUT2D eigenvalue weighted by molar-refractivity contribution is 5.83. The predicted octanol–water partition coefficient (Wildman–Crippen LogP) is 5.30. The number of carboxylic acid groups (broad SMARTS) is 1. The Hall–Kier alpha value is -5.14. The minimum atomic E-state index is -1.87. The average Bonchev–Trinajstić information content (AvgIpc) is 3.30. The van der Waals surface area contributed by atoms with Gasteiger partial charge in [0.15, 0.2) is 6.04 Å². The van der Waals surface area contributed by atoms with E-state index in [0.29, 0.717) is 0 Å². The number of carboxylic acids is 1. The molecule has 0 fully saturated rings. The van der Waals surface area contributed by atoms with Crippen LogP contribution < -0.4 is 10.5 Å². The van der Waals surface area contributed by atoms with Crippen LogP contribution in [0.5, 0.6) is 0 Å². The lowest BCUT2D eigenvalue weighted by molar-refractivity contribution is -0.167. The summed E-state index contributed by atoms with van der Waals surface area (Å²) in [7, 11) is 0. The van der Waals surface area contributed by atoms with Gasteiger partial charge in [0.1, 0.15) is 18.3 Å². The minimum absolute atomic E-state index is 0.0813. The maximum absolute atomic E-state index is 13.0. The van der Waals surface area contributed by atoms with Gasteiger partial charge in [0.25, 0.3) is 0 Å². The molecule has 1 aliphatic carbocycles. The molecule has 0 radical (unpaired) electrons. The number of rotatable bonds is 10. The molecule has 0 aliphatic heterocycles. The van der Waals surface area contributed by atoms with Crippen LogP contribution in [0.3, 0.4) is 0 Å². The quantitative estimate of drug-likeness (QED) is 0.151. The number of nitrogens with one attached hydrogen (secondary N) is 1. The maximum Gasteiger partial charge on any atom is 0.509 e. The van der Waals surface area contributed by atoms with Crippen molar-refractivity contribution >= 4 is 29.9 Å². The second kappa shape index (κ2) is 13.7. The van der Waals surface area contributed by atoms with E-state index in [1.807, 2.05) is 48.5 Å². The van der Waals surface area contributed by atoms with E-state index in [2.05, 4.69) is 5.32 Å². The standard InChI is InChI=1S/C32H33N2O11/c1-18(43-31(39)44-27(29(37)45-32(2,3)4)23-15-9-10-16-25(23)34(40)41)26(28(35)36)33-30(38)42-17-24-21-13-7-5-11-19(21)20-12-6-8-14-22(20)24/h5-16,18,24,26-27,40H,17H2,1-4H3,(H,33,38)(H,35,36)/q-1/t18?,26-,27?/m0/s1. The van der Waals surface area contributed by atoms with Gasteiger partial charge in [-0.2, -0.15) is 0 Å². The van der Waals surface area contributed by atoms with E-state index in [1.165, 1.54) is 31.2 Å². The Kier molecular flexibility index (Phi) is 9.95. The van der Waals surface area contributed by atoms with Gasteiger partial charge in [-0.1, -0.05) is 66.7 Å². The molecule has 0 spiro atoms. The number of esters is 1. The largest absolute Gasteiger partial charge is 0.733 e. The molecule has 3 atom stereocenters. The van der Waals surface area contributed by atoms with Crippen LogP contribution in [0.25, 0.3) is 11.1 Å². The zero-order valence-corrected chi connectivity index (χ0v) is 25.0. The number of benzene rings is 3. The molecule has 13 nitrogen and oxygen atoms in total. The molecule has 0 saturated carbocycles. The van der Waals surface area contributed by atoms with Crippen molar-refractivity contribution in [1.29, 1.82) is 0 Å². The highest BCUT2D eigenvalue weighted by Gasteiger charge is 2.36. The maximum atomic E-state index is 13.0. The van der Waals surface area contributed by atoms with Crippen LogP contribution >= 0.6 is 0 Å². The molecule has 3 aromatic rings. The first-order valence-electron chi connectivity index (χ1n) is 14.0. The van der Waals surface area contributed by atoms with E-state index in [1.54, 1.807) is 20.8 Å². The Morgan fingerprint density at radius 1 is 0.911 bits per heavy atom. The predicted molar refractivity (Wildman–Crippen MR) is 159 cm³/mol. The second-order valence-electron chi connectivity index (χ2n) is 11.2. The summed E-state index contributed by atoms with van der Waals surface area (Å²) in [4.78, 5) is 50.5. The fraction of sp³-hybridized carbons (Fsp3) is 0.312. The summed E-state index contributed by atoms with van der Waals surface area (Å²) in [5.41, 5.74) is 2.30. The third kappa shape index (κ3) is 7.88. The van der Waals surface area contributed by atoms with E-state index in [9.17, 15) is 34.7 Å². The fourth-order valence-electron chi connectivity index (χ4n) is 4.97. The molecule has 238 valence electrons. The monoisotopic (exact) mass is 621 g/mol. The van der Waals surface area contributed by atoms with Crippen LogP contribution in [0.15, 0.2) is 72.8 Å². The zero-order valence-electron chi connectivity index (χ0n) is 25.0. The van der Waals surface area contributed by atoms with E-state index >= 15 is 0 Å². The van der Waals surface area contributed by atoms with Crippen LogP contribution in [-0.2, 0) is 28.5 Å². The highest BCUT2D eigenvalue weighted by atomic mass is 16.8. The molecule has 3 aromatic carbocycles. The number of ether oxygens (including phenoxy) is 4. The van der Waals surface area contributed by atoms with E-state index in [-0.39, 0.29) is 18.1 Å². The van der Waals surface area contributed by atoms with Crippen LogP contribution in [0.2, 0.25) is 0 Å². The van der Waals surface area contributed by atoms with Gasteiger partial charge in [-0.05, 0) is 56.0 Å². The molecule has 0 saturated heterocycles. The van der Waals surface area contributed by atoms with Crippen molar-refractivity contribution in [3.63, 3.8) is 0 Å². The molecular weight excluding hydrogens is 588 g/mol. The first kappa shape index (κ1) is 32.8. The number of para-hydroxylation sites is 1. The number of hydrogen-bond donors (Lipinski definition) is 3. The Balaban J connectivity index is 1.43. The number of aliphatic carboxylic acids is 1. The van der Waals surface area contributed by atoms with E-state index in [0.717, 1.165) is 22.3 Å². The molecular formula is C32H33N2O11-. The van der Waals surface area contributed by atoms with Gasteiger partial charge in [-0.3, -0.25) is 5.21 Å².